The van der Waals surface area contributed by atoms with E-state index in [0.717, 1.165) is 29.5 Å². The van der Waals surface area contributed by atoms with E-state index in [0.29, 0.717) is 40.5 Å². The first-order valence-electron chi connectivity index (χ1n) is 11.0. The molecule has 0 aliphatic carbocycles. The number of nitrogens with one attached hydrogen (secondary N) is 1. The van der Waals surface area contributed by atoms with Gasteiger partial charge in [-0.3, -0.25) is 0 Å². The van der Waals surface area contributed by atoms with Gasteiger partial charge in [0.05, 0.1) is 23.9 Å². The summed E-state index contributed by atoms with van der Waals surface area (Å²) in [6.07, 6.45) is 2.95. The summed E-state index contributed by atoms with van der Waals surface area (Å²) in [5, 5.41) is 3.56. The topological polar surface area (TPSA) is 76.6 Å². The summed E-state index contributed by atoms with van der Waals surface area (Å²) in [5.41, 5.74) is 2.36. The molecule has 1 amide bonds. The number of thiocarbonyl (C=S) groups is 1. The minimum Gasteiger partial charge on any atom is -0.496 e. The van der Waals surface area contributed by atoms with Crippen LogP contribution in [-0.4, -0.2) is 51.7 Å². The van der Waals surface area contributed by atoms with Crippen LogP contribution in [0.2, 0.25) is 5.02 Å². The van der Waals surface area contributed by atoms with Crippen LogP contribution in [0.15, 0.2) is 18.3 Å². The predicted molar refractivity (Wildman–Crippen MR) is 135 cm³/mol. The SMILES string of the molecule is COc1cc(C)cc(C)c1-c1ncc(Cl)c(NC(=S)[C@@H]2CCCN(C(=O)OC(C)(C)C)C2)n1. The van der Waals surface area contributed by atoms with E-state index in [-0.39, 0.29) is 12.0 Å². The monoisotopic (exact) mass is 490 g/mol. The second-order valence-electron chi connectivity index (χ2n) is 9.30. The van der Waals surface area contributed by atoms with Crippen LogP contribution in [0.3, 0.4) is 0 Å². The lowest BCUT2D eigenvalue weighted by Crippen LogP contribution is -2.45. The molecule has 178 valence electrons. The van der Waals surface area contributed by atoms with Crippen LogP contribution in [0, 0.1) is 19.8 Å². The zero-order valence-electron chi connectivity index (χ0n) is 20.0. The quantitative estimate of drug-likeness (QED) is 0.542. The smallest absolute Gasteiger partial charge is 0.410 e. The lowest BCUT2D eigenvalue weighted by molar-refractivity contribution is 0.0195. The average molecular weight is 491 g/mol. The standard InChI is InChI=1S/C24H31ClN4O3S/c1-14-10-15(2)19(18(11-14)31-6)21-26-12-17(25)20(27-21)28-22(33)16-8-7-9-29(13-16)23(30)32-24(3,4)5/h10-12,16H,7-9,13H2,1-6H3,(H,26,27,28,33)/t16-/m1/s1. The number of nitrogens with zero attached hydrogens (tertiary/aromatic N) is 3. The largest absolute Gasteiger partial charge is 0.496 e. The molecule has 1 saturated heterocycles. The number of amides is 1. The Hall–Kier alpha value is -2.45. The molecule has 0 radical (unpaired) electrons. The number of anilines is 1. The van der Waals surface area contributed by atoms with Crippen molar-refractivity contribution < 1.29 is 14.3 Å². The molecule has 1 aliphatic rings. The van der Waals surface area contributed by atoms with Gasteiger partial charge >= 0.3 is 6.09 Å². The Kier molecular flexibility index (Phi) is 7.80. The Bertz CT molecular complexity index is 1050. The van der Waals surface area contributed by atoms with E-state index in [1.54, 1.807) is 18.2 Å². The molecule has 3 rings (SSSR count). The second-order valence-corrected chi connectivity index (χ2v) is 10.2. The highest BCUT2D eigenvalue weighted by atomic mass is 35.5. The number of methoxy groups -OCH3 is 1. The van der Waals surface area contributed by atoms with Crippen LogP contribution in [0.25, 0.3) is 11.4 Å². The van der Waals surface area contributed by atoms with Gasteiger partial charge in [-0.15, -0.1) is 0 Å². The molecule has 7 nitrogen and oxygen atoms in total. The van der Waals surface area contributed by atoms with E-state index in [1.165, 1.54) is 0 Å². The number of hydrogen-bond donors (Lipinski definition) is 1. The van der Waals surface area contributed by atoms with E-state index >= 15 is 0 Å². The Balaban J connectivity index is 1.79. The van der Waals surface area contributed by atoms with Crippen LogP contribution in [0.5, 0.6) is 5.75 Å². The third kappa shape index (κ3) is 6.32. The minimum atomic E-state index is -0.539. The van der Waals surface area contributed by atoms with E-state index < -0.39 is 5.60 Å². The van der Waals surface area contributed by atoms with Crippen molar-refractivity contribution in [2.45, 2.75) is 53.1 Å². The molecule has 1 aliphatic heterocycles. The fraction of sp³-hybridized carbons (Fsp3) is 0.500. The second kappa shape index (κ2) is 10.2. The Morgan fingerprint density at radius 3 is 2.70 bits per heavy atom. The van der Waals surface area contributed by atoms with Crippen molar-refractivity contribution in [3.63, 3.8) is 0 Å². The van der Waals surface area contributed by atoms with Crippen molar-refractivity contribution in [2.24, 2.45) is 5.92 Å². The number of ether oxygens (including phenoxy) is 2. The van der Waals surface area contributed by atoms with Crippen molar-refractivity contribution in [1.29, 1.82) is 0 Å². The number of aryl methyl sites for hydroxylation is 2. The Labute approximate surface area is 205 Å². The minimum absolute atomic E-state index is 0.0219. The third-order valence-corrected chi connectivity index (χ3v) is 6.03. The van der Waals surface area contributed by atoms with Gasteiger partial charge in [-0.1, -0.05) is 29.9 Å². The molecule has 0 unspecified atom stereocenters. The number of carbonyl (C=O) groups excluding carboxylic acids is 1. The zero-order valence-corrected chi connectivity index (χ0v) is 21.6. The molecule has 0 saturated carbocycles. The van der Waals surface area contributed by atoms with Gasteiger partial charge in [0, 0.05) is 19.0 Å². The molecule has 1 atom stereocenters. The van der Waals surface area contributed by atoms with Crippen LogP contribution in [-0.2, 0) is 4.74 Å². The van der Waals surface area contributed by atoms with Gasteiger partial charge < -0.3 is 19.7 Å². The fourth-order valence-electron chi connectivity index (χ4n) is 3.85. The van der Waals surface area contributed by atoms with Crippen molar-refractivity contribution in [1.82, 2.24) is 14.9 Å². The van der Waals surface area contributed by atoms with E-state index in [2.05, 4.69) is 21.4 Å². The summed E-state index contributed by atoms with van der Waals surface area (Å²) in [7, 11) is 1.63. The molecular formula is C24H31ClN4O3S. The summed E-state index contributed by atoms with van der Waals surface area (Å²) >= 11 is 12.1. The number of likely N-dealkylation sites (tertiary alicyclic amines) is 1. The number of halogens is 1. The Morgan fingerprint density at radius 1 is 1.30 bits per heavy atom. The van der Waals surface area contributed by atoms with Crippen molar-refractivity contribution >= 4 is 40.7 Å². The highest BCUT2D eigenvalue weighted by molar-refractivity contribution is 7.80. The number of hydrogen-bond acceptors (Lipinski definition) is 6. The van der Waals surface area contributed by atoms with E-state index in [9.17, 15) is 4.79 Å². The van der Waals surface area contributed by atoms with Crippen LogP contribution >= 0.6 is 23.8 Å². The first-order chi connectivity index (χ1) is 15.5. The first kappa shape index (κ1) is 25.2. The lowest BCUT2D eigenvalue weighted by Gasteiger charge is -2.34. The van der Waals surface area contributed by atoms with E-state index in [1.807, 2.05) is 40.7 Å². The van der Waals surface area contributed by atoms with Gasteiger partial charge in [-0.2, -0.15) is 0 Å². The highest BCUT2D eigenvalue weighted by Crippen LogP contribution is 2.34. The normalized spacial score (nSPS) is 16.3. The van der Waals surface area contributed by atoms with Crippen LogP contribution < -0.4 is 10.1 Å². The maximum atomic E-state index is 12.5. The predicted octanol–water partition coefficient (Wildman–Crippen LogP) is 5.81. The number of benzene rings is 1. The highest BCUT2D eigenvalue weighted by Gasteiger charge is 2.30. The lowest BCUT2D eigenvalue weighted by atomic mass is 9.98. The molecule has 33 heavy (non-hydrogen) atoms. The molecule has 2 aromatic rings. The molecule has 1 N–H and O–H groups in total. The first-order valence-corrected chi connectivity index (χ1v) is 11.7. The number of carbonyl (C=O) groups is 1. The van der Waals surface area contributed by atoms with Crippen molar-refractivity contribution in [3.05, 3.63) is 34.5 Å². The van der Waals surface area contributed by atoms with Crippen LogP contribution in [0.4, 0.5) is 10.6 Å². The van der Waals surface area contributed by atoms with Crippen LogP contribution in [0.1, 0.15) is 44.7 Å². The number of rotatable bonds is 4. The Morgan fingerprint density at radius 2 is 2.03 bits per heavy atom. The van der Waals surface area contributed by atoms with E-state index in [4.69, 9.17) is 33.3 Å². The van der Waals surface area contributed by atoms with Crippen molar-refractivity contribution in [2.75, 3.05) is 25.5 Å². The molecular weight excluding hydrogens is 460 g/mol. The molecule has 1 fully saturated rings. The molecule has 0 bridgehead atoms. The summed E-state index contributed by atoms with van der Waals surface area (Å²) in [6, 6.07) is 4.01. The molecule has 2 heterocycles. The van der Waals surface area contributed by atoms with Crippen molar-refractivity contribution in [3.8, 4) is 17.1 Å². The molecule has 1 aromatic carbocycles. The maximum Gasteiger partial charge on any atom is 0.410 e. The molecule has 9 heteroatoms. The maximum absolute atomic E-state index is 12.5. The molecule has 0 spiro atoms. The summed E-state index contributed by atoms with van der Waals surface area (Å²) < 4.78 is 11.1. The average Bonchev–Trinajstić information content (AvgIpc) is 2.73. The van der Waals surface area contributed by atoms with Gasteiger partial charge in [0.15, 0.2) is 11.6 Å². The van der Waals surface area contributed by atoms with Gasteiger partial charge in [-0.25, -0.2) is 14.8 Å². The third-order valence-electron chi connectivity index (χ3n) is 5.32. The fourth-order valence-corrected chi connectivity index (χ4v) is 4.28. The van der Waals surface area contributed by atoms with Gasteiger partial charge in [-0.05, 0) is 64.7 Å². The zero-order chi connectivity index (χ0) is 24.3. The van der Waals surface area contributed by atoms with Gasteiger partial charge in [0.25, 0.3) is 0 Å². The summed E-state index contributed by atoms with van der Waals surface area (Å²) in [6.45, 7) is 10.7. The molecule has 1 aromatic heterocycles. The summed E-state index contributed by atoms with van der Waals surface area (Å²) in [4.78, 5) is 23.9. The number of aromatic nitrogens is 2. The van der Waals surface area contributed by atoms with Gasteiger partial charge in [0.2, 0.25) is 0 Å². The number of piperidine rings is 1. The summed E-state index contributed by atoms with van der Waals surface area (Å²) in [5.74, 6) is 1.61. The van der Waals surface area contributed by atoms with Gasteiger partial charge in [0.1, 0.15) is 16.4 Å².